The number of aromatic nitrogens is 2. The molecule has 0 spiro atoms. The molecule has 0 fully saturated rings. The van der Waals surface area contributed by atoms with Crippen LogP contribution in [0.4, 0.5) is 0 Å². The fourth-order valence-electron chi connectivity index (χ4n) is 1.86. The third kappa shape index (κ3) is 2.67. The van der Waals surface area contributed by atoms with E-state index in [1.54, 1.807) is 18.2 Å². The Morgan fingerprint density at radius 3 is 2.00 bits per heavy atom. The zero-order valence-electron chi connectivity index (χ0n) is 11.3. The Balaban J connectivity index is 2.68. The zero-order chi connectivity index (χ0) is 14.7. The highest BCUT2D eigenvalue weighted by Gasteiger charge is 2.14. The van der Waals surface area contributed by atoms with Gasteiger partial charge in [-0.05, 0) is 18.2 Å². The highest BCUT2D eigenvalue weighted by molar-refractivity contribution is 7.71. The van der Waals surface area contributed by atoms with Crippen LogP contribution in [-0.2, 0) is 0 Å². The summed E-state index contributed by atoms with van der Waals surface area (Å²) >= 11 is 5.00. The van der Waals surface area contributed by atoms with E-state index in [1.807, 2.05) is 0 Å². The van der Waals surface area contributed by atoms with Gasteiger partial charge in [0.15, 0.2) is 11.5 Å². The molecule has 106 valence electrons. The van der Waals surface area contributed by atoms with Crippen LogP contribution in [0.2, 0.25) is 0 Å². The summed E-state index contributed by atoms with van der Waals surface area (Å²) in [6.07, 6.45) is 0. The normalized spacial score (nSPS) is 10.2. The third-order valence-electron chi connectivity index (χ3n) is 2.74. The van der Waals surface area contributed by atoms with Crippen LogP contribution in [0.5, 0.6) is 17.2 Å². The monoisotopic (exact) mass is 294 g/mol. The first-order chi connectivity index (χ1) is 9.58. The Hall–Kier alpha value is -2.28. The average molecular weight is 294 g/mol. The lowest BCUT2D eigenvalue weighted by molar-refractivity contribution is 0.324. The van der Waals surface area contributed by atoms with Gasteiger partial charge in [0, 0.05) is 5.56 Å². The molecular weight excluding hydrogens is 280 g/mol. The van der Waals surface area contributed by atoms with Gasteiger partial charge in [-0.3, -0.25) is 4.98 Å². The smallest absolute Gasteiger partial charge is 0.324 e. The summed E-state index contributed by atoms with van der Waals surface area (Å²) in [4.78, 5) is 16.6. The van der Waals surface area contributed by atoms with E-state index in [9.17, 15) is 4.79 Å². The second kappa shape index (κ2) is 5.79. The SMILES string of the molecule is COc1cc(-c2cc(=S)[nH]c(=O)[nH]2)cc(OC)c1OC. The van der Waals surface area contributed by atoms with Crippen molar-refractivity contribution in [1.82, 2.24) is 9.97 Å². The van der Waals surface area contributed by atoms with Crippen LogP contribution in [0.25, 0.3) is 11.3 Å². The van der Waals surface area contributed by atoms with Crippen molar-refractivity contribution in [3.8, 4) is 28.5 Å². The summed E-state index contributed by atoms with van der Waals surface area (Å²) in [6, 6.07) is 5.13. The van der Waals surface area contributed by atoms with Gasteiger partial charge < -0.3 is 19.2 Å². The van der Waals surface area contributed by atoms with Crippen LogP contribution in [-0.4, -0.2) is 31.3 Å². The van der Waals surface area contributed by atoms with Gasteiger partial charge in [-0.2, -0.15) is 0 Å². The number of nitrogens with one attached hydrogen (secondary N) is 2. The van der Waals surface area contributed by atoms with Gasteiger partial charge in [0.2, 0.25) is 5.75 Å². The number of rotatable bonds is 4. The molecule has 0 aliphatic heterocycles. The minimum absolute atomic E-state index is 0.345. The number of ether oxygens (including phenoxy) is 3. The van der Waals surface area contributed by atoms with Crippen molar-refractivity contribution >= 4 is 12.2 Å². The van der Waals surface area contributed by atoms with Gasteiger partial charge in [-0.25, -0.2) is 4.79 Å². The van der Waals surface area contributed by atoms with E-state index in [1.165, 1.54) is 21.3 Å². The maximum atomic E-state index is 11.5. The maximum absolute atomic E-state index is 11.5. The van der Waals surface area contributed by atoms with Crippen molar-refractivity contribution in [1.29, 1.82) is 0 Å². The number of hydrogen-bond donors (Lipinski definition) is 2. The van der Waals surface area contributed by atoms with Gasteiger partial charge in [0.1, 0.15) is 4.64 Å². The fraction of sp³-hybridized carbons (Fsp3) is 0.231. The van der Waals surface area contributed by atoms with Crippen LogP contribution in [0.3, 0.4) is 0 Å². The van der Waals surface area contributed by atoms with Crippen LogP contribution in [0, 0.1) is 4.64 Å². The molecule has 0 amide bonds. The lowest BCUT2D eigenvalue weighted by atomic mass is 10.1. The molecule has 20 heavy (non-hydrogen) atoms. The van der Waals surface area contributed by atoms with E-state index in [0.29, 0.717) is 33.1 Å². The predicted octanol–water partition coefficient (Wildman–Crippen LogP) is 2.13. The third-order valence-corrected chi connectivity index (χ3v) is 2.96. The summed E-state index contributed by atoms with van der Waals surface area (Å²) in [5.74, 6) is 1.49. The second-order valence-corrected chi connectivity index (χ2v) is 4.36. The van der Waals surface area contributed by atoms with Crippen LogP contribution < -0.4 is 19.9 Å². The van der Waals surface area contributed by atoms with E-state index in [-0.39, 0.29) is 5.69 Å². The molecule has 1 aromatic heterocycles. The molecule has 7 heteroatoms. The highest BCUT2D eigenvalue weighted by Crippen LogP contribution is 2.40. The molecule has 0 atom stereocenters. The van der Waals surface area contributed by atoms with E-state index in [2.05, 4.69) is 9.97 Å². The van der Waals surface area contributed by atoms with Gasteiger partial charge in [-0.1, -0.05) is 12.2 Å². The zero-order valence-corrected chi connectivity index (χ0v) is 12.1. The van der Waals surface area contributed by atoms with Crippen LogP contribution in [0.1, 0.15) is 0 Å². The molecule has 0 saturated carbocycles. The van der Waals surface area contributed by atoms with Crippen LogP contribution in [0.15, 0.2) is 23.0 Å². The van der Waals surface area contributed by atoms with Crippen molar-refractivity contribution in [3.63, 3.8) is 0 Å². The molecule has 0 saturated heterocycles. The number of H-pyrrole nitrogens is 2. The largest absolute Gasteiger partial charge is 0.493 e. The van der Waals surface area contributed by atoms with E-state index < -0.39 is 0 Å². The summed E-state index contributed by atoms with van der Waals surface area (Å²) in [6.45, 7) is 0. The lowest BCUT2D eigenvalue weighted by Gasteiger charge is -2.14. The molecular formula is C13H14N2O4S. The first kappa shape index (κ1) is 14.1. The van der Waals surface area contributed by atoms with Gasteiger partial charge >= 0.3 is 5.69 Å². The Morgan fingerprint density at radius 1 is 0.950 bits per heavy atom. The molecule has 2 aromatic rings. The van der Waals surface area contributed by atoms with Crippen LogP contribution >= 0.6 is 12.2 Å². The Labute approximate surface area is 120 Å². The molecule has 0 radical (unpaired) electrons. The van der Waals surface area contributed by atoms with Crippen molar-refractivity contribution in [2.24, 2.45) is 0 Å². The number of aromatic amines is 2. The second-order valence-electron chi connectivity index (χ2n) is 3.92. The topological polar surface area (TPSA) is 76.3 Å². The van der Waals surface area contributed by atoms with Crippen molar-refractivity contribution in [2.75, 3.05) is 21.3 Å². The van der Waals surface area contributed by atoms with E-state index in [4.69, 9.17) is 26.4 Å². The summed E-state index contributed by atoms with van der Waals surface area (Å²) in [5.41, 5.74) is 0.899. The number of methoxy groups -OCH3 is 3. The first-order valence-electron chi connectivity index (χ1n) is 5.73. The molecule has 0 aliphatic rings. The Morgan fingerprint density at radius 2 is 1.55 bits per heavy atom. The number of benzene rings is 1. The fourth-order valence-corrected chi connectivity index (χ4v) is 2.07. The van der Waals surface area contributed by atoms with Gasteiger partial charge in [0.05, 0.1) is 27.0 Å². The first-order valence-corrected chi connectivity index (χ1v) is 6.14. The minimum atomic E-state index is -0.374. The van der Waals surface area contributed by atoms with Crippen molar-refractivity contribution in [3.05, 3.63) is 33.3 Å². The average Bonchev–Trinajstić information content (AvgIpc) is 2.44. The van der Waals surface area contributed by atoms with Gasteiger partial charge in [0.25, 0.3) is 0 Å². The molecule has 2 rings (SSSR count). The molecule has 0 aliphatic carbocycles. The standard InChI is InChI=1S/C13H14N2O4S/c1-17-9-4-7(5-10(18-2)12(9)19-3)8-6-11(20)15-13(16)14-8/h4-6H,1-3H3,(H2,14,15,16,20). The Kier molecular flexibility index (Phi) is 4.09. The predicted molar refractivity (Wildman–Crippen MR) is 77.3 cm³/mol. The molecule has 2 N–H and O–H groups in total. The quantitative estimate of drug-likeness (QED) is 0.845. The van der Waals surface area contributed by atoms with Gasteiger partial charge in [-0.15, -0.1) is 0 Å². The molecule has 6 nitrogen and oxygen atoms in total. The van der Waals surface area contributed by atoms with Crippen molar-refractivity contribution < 1.29 is 14.2 Å². The molecule has 1 heterocycles. The minimum Gasteiger partial charge on any atom is -0.493 e. The summed E-state index contributed by atoms with van der Waals surface area (Å²) in [5, 5.41) is 0. The molecule has 0 bridgehead atoms. The Bertz CT molecular complexity index is 682. The van der Waals surface area contributed by atoms with E-state index in [0.717, 1.165) is 0 Å². The van der Waals surface area contributed by atoms with Crippen molar-refractivity contribution in [2.45, 2.75) is 0 Å². The molecule has 0 unspecified atom stereocenters. The number of hydrogen-bond acceptors (Lipinski definition) is 5. The van der Waals surface area contributed by atoms with E-state index >= 15 is 0 Å². The summed E-state index contributed by atoms with van der Waals surface area (Å²) < 4.78 is 16.1. The lowest BCUT2D eigenvalue weighted by Crippen LogP contribution is -2.10. The summed E-state index contributed by atoms with van der Waals surface area (Å²) in [7, 11) is 4.59. The maximum Gasteiger partial charge on any atom is 0.324 e. The highest BCUT2D eigenvalue weighted by atomic mass is 32.1. The molecule has 1 aromatic carbocycles.